The fourth-order valence-corrected chi connectivity index (χ4v) is 4.56. The summed E-state index contributed by atoms with van der Waals surface area (Å²) in [6.45, 7) is 5.12. The molecule has 3 N–H and O–H groups in total. The first-order valence-electron chi connectivity index (χ1n) is 11.4. The van der Waals surface area contributed by atoms with Crippen LogP contribution in [0.15, 0.2) is 61.1 Å². The van der Waals surface area contributed by atoms with Crippen LogP contribution in [0, 0.1) is 5.92 Å². The van der Waals surface area contributed by atoms with E-state index in [2.05, 4.69) is 29.6 Å². The van der Waals surface area contributed by atoms with Gasteiger partial charge < -0.3 is 19.7 Å². The second-order valence-electron chi connectivity index (χ2n) is 9.27. The number of nitrogens with zero attached hydrogens (tertiary/aromatic N) is 3. The lowest BCUT2D eigenvalue weighted by atomic mass is 9.88. The summed E-state index contributed by atoms with van der Waals surface area (Å²) in [5, 5.41) is 21.8. The number of carbonyl (C=O) groups is 2. The summed E-state index contributed by atoms with van der Waals surface area (Å²) in [6, 6.07) is 12.2. The fraction of sp³-hybridized carbons (Fsp3) is 0.269. The minimum absolute atomic E-state index is 0.0126. The summed E-state index contributed by atoms with van der Waals surface area (Å²) in [6.07, 6.45) is 5.56. The van der Waals surface area contributed by atoms with E-state index in [1.807, 2.05) is 47.4 Å². The predicted molar refractivity (Wildman–Crippen MR) is 131 cm³/mol. The monoisotopic (exact) mass is 473 g/mol. The van der Waals surface area contributed by atoms with E-state index in [0.717, 1.165) is 23.1 Å². The lowest BCUT2D eigenvalue weighted by Gasteiger charge is -2.27. The lowest BCUT2D eigenvalue weighted by molar-refractivity contribution is -0.124. The average molecular weight is 474 g/mol. The van der Waals surface area contributed by atoms with Crippen LogP contribution in [0.2, 0.25) is 0 Å². The number of ether oxygens (including phenoxy) is 1. The lowest BCUT2D eigenvalue weighted by Crippen LogP contribution is -2.47. The minimum Gasteiger partial charge on any atom is -0.497 e. The molecule has 0 spiro atoms. The highest BCUT2D eigenvalue weighted by Crippen LogP contribution is 2.35. The van der Waals surface area contributed by atoms with E-state index >= 15 is 0 Å². The number of amides is 3. The van der Waals surface area contributed by atoms with Gasteiger partial charge in [-0.2, -0.15) is 5.10 Å². The van der Waals surface area contributed by atoms with Crippen molar-refractivity contribution >= 4 is 22.7 Å². The normalized spacial score (nSPS) is 17.7. The second-order valence-corrected chi connectivity index (χ2v) is 9.27. The highest BCUT2D eigenvalue weighted by atomic mass is 16.5. The maximum atomic E-state index is 13.1. The molecule has 0 unspecified atom stereocenters. The first-order valence-corrected chi connectivity index (χ1v) is 11.4. The van der Waals surface area contributed by atoms with Gasteiger partial charge in [0.1, 0.15) is 5.75 Å². The molecule has 9 heteroatoms. The molecular formula is C26H27N5O4. The summed E-state index contributed by atoms with van der Waals surface area (Å²) < 4.78 is 8.74. The Bertz CT molecular complexity index is 1420. The number of urea groups is 1. The van der Waals surface area contributed by atoms with E-state index in [0.29, 0.717) is 22.6 Å². The minimum atomic E-state index is -1.38. The van der Waals surface area contributed by atoms with Crippen LogP contribution in [-0.4, -0.2) is 38.5 Å². The van der Waals surface area contributed by atoms with Gasteiger partial charge in [-0.05, 0) is 35.2 Å². The Labute approximate surface area is 202 Å². The zero-order valence-electron chi connectivity index (χ0n) is 19.8. The zero-order chi connectivity index (χ0) is 24.7. The molecule has 180 valence electrons. The Morgan fingerprint density at radius 3 is 2.51 bits per heavy atom. The summed E-state index contributed by atoms with van der Waals surface area (Å²) in [5.41, 5.74) is 1.14. The Morgan fingerprint density at radius 2 is 1.86 bits per heavy atom. The van der Waals surface area contributed by atoms with Crippen LogP contribution < -0.4 is 15.4 Å². The van der Waals surface area contributed by atoms with Gasteiger partial charge in [0, 0.05) is 35.3 Å². The van der Waals surface area contributed by atoms with Gasteiger partial charge in [-0.3, -0.25) is 14.8 Å². The van der Waals surface area contributed by atoms with Crippen LogP contribution in [0.25, 0.3) is 21.9 Å². The molecule has 1 fully saturated rings. The van der Waals surface area contributed by atoms with E-state index in [9.17, 15) is 14.7 Å². The van der Waals surface area contributed by atoms with Crippen molar-refractivity contribution in [2.75, 3.05) is 7.11 Å². The van der Waals surface area contributed by atoms with Gasteiger partial charge >= 0.3 is 6.03 Å². The number of hydrogen-bond donors (Lipinski definition) is 3. The first-order chi connectivity index (χ1) is 16.8. The number of fused-ring (bicyclic) bond motifs is 1. The molecule has 4 aromatic rings. The van der Waals surface area contributed by atoms with E-state index in [4.69, 9.17) is 4.74 Å². The van der Waals surface area contributed by atoms with Crippen molar-refractivity contribution in [2.45, 2.75) is 32.5 Å². The highest BCUT2D eigenvalue weighted by Gasteiger charge is 2.48. The van der Waals surface area contributed by atoms with Crippen LogP contribution >= 0.6 is 0 Å². The van der Waals surface area contributed by atoms with E-state index < -0.39 is 17.5 Å². The number of aromatic nitrogens is 3. The number of carbonyl (C=O) groups excluding carboxylic acids is 2. The van der Waals surface area contributed by atoms with Gasteiger partial charge in [-0.1, -0.05) is 38.1 Å². The summed E-state index contributed by atoms with van der Waals surface area (Å²) in [5.74, 6) is 0.605. The average Bonchev–Trinajstić information content (AvgIpc) is 3.50. The number of imide groups is 1. The predicted octanol–water partition coefficient (Wildman–Crippen LogP) is 3.61. The molecule has 9 nitrogen and oxygen atoms in total. The number of rotatable bonds is 7. The number of benzene rings is 2. The summed E-state index contributed by atoms with van der Waals surface area (Å²) >= 11 is 0. The Hall–Kier alpha value is -4.27. The molecule has 1 aliphatic rings. The highest BCUT2D eigenvalue weighted by molar-refractivity contribution is 6.07. The third-order valence-corrected chi connectivity index (χ3v) is 6.31. The molecule has 35 heavy (non-hydrogen) atoms. The van der Waals surface area contributed by atoms with Gasteiger partial charge in [-0.15, -0.1) is 0 Å². The van der Waals surface area contributed by atoms with Crippen molar-refractivity contribution in [3.05, 3.63) is 66.6 Å². The van der Waals surface area contributed by atoms with Crippen molar-refractivity contribution in [1.82, 2.24) is 25.0 Å². The Balaban J connectivity index is 1.50. The molecule has 3 amide bonds. The number of methoxy groups -OCH3 is 1. The number of hydrogen-bond acceptors (Lipinski definition) is 5. The zero-order valence-corrected chi connectivity index (χ0v) is 19.8. The molecule has 1 atom stereocenters. The van der Waals surface area contributed by atoms with Gasteiger partial charge in [0.2, 0.25) is 0 Å². The smallest absolute Gasteiger partial charge is 0.322 e. The van der Waals surface area contributed by atoms with Crippen molar-refractivity contribution in [3.8, 4) is 22.8 Å². The molecule has 0 aliphatic carbocycles. The third-order valence-electron chi connectivity index (χ3n) is 6.31. The van der Waals surface area contributed by atoms with E-state index in [1.54, 1.807) is 30.0 Å². The fourth-order valence-electron chi connectivity index (χ4n) is 4.56. The maximum absolute atomic E-state index is 13.1. The standard InChI is InChI=1S/C26H27N5O4/c1-16(2)12-31-14-19(11-27-31)17-4-7-20(8-5-17)26(24(33)28-25(34)29-26)15-30-13-18-6-9-21(35-3)10-22(18)23(30)32/h4-11,13-14,16,32H,12,15H2,1-3H3,(H2,28,29,33,34)/t26-/m0/s1. The summed E-state index contributed by atoms with van der Waals surface area (Å²) in [4.78, 5) is 25.3. The molecule has 3 heterocycles. The Kier molecular flexibility index (Phi) is 5.47. The maximum Gasteiger partial charge on any atom is 0.322 e. The molecule has 5 rings (SSSR count). The number of nitrogens with one attached hydrogen (secondary N) is 2. The molecule has 1 saturated heterocycles. The van der Waals surface area contributed by atoms with Gasteiger partial charge in [0.15, 0.2) is 11.4 Å². The molecule has 1 aliphatic heterocycles. The van der Waals surface area contributed by atoms with Crippen LogP contribution in [0.3, 0.4) is 0 Å². The van der Waals surface area contributed by atoms with Crippen LogP contribution in [0.5, 0.6) is 11.6 Å². The molecule has 0 radical (unpaired) electrons. The molecular weight excluding hydrogens is 446 g/mol. The topological polar surface area (TPSA) is 110 Å². The van der Waals surface area contributed by atoms with Crippen LogP contribution in [-0.2, 0) is 23.4 Å². The van der Waals surface area contributed by atoms with Gasteiger partial charge in [0.25, 0.3) is 5.91 Å². The van der Waals surface area contributed by atoms with Crippen molar-refractivity contribution < 1.29 is 19.4 Å². The third kappa shape index (κ3) is 3.99. The first kappa shape index (κ1) is 22.5. The van der Waals surface area contributed by atoms with Crippen LogP contribution in [0.1, 0.15) is 19.4 Å². The molecule has 2 aromatic heterocycles. The molecule has 0 saturated carbocycles. The second kappa shape index (κ2) is 8.50. The van der Waals surface area contributed by atoms with Gasteiger partial charge in [0.05, 0.1) is 19.9 Å². The molecule has 2 aromatic carbocycles. The van der Waals surface area contributed by atoms with Crippen molar-refractivity contribution in [2.24, 2.45) is 5.92 Å². The van der Waals surface area contributed by atoms with Gasteiger partial charge in [-0.25, -0.2) is 4.79 Å². The largest absolute Gasteiger partial charge is 0.497 e. The van der Waals surface area contributed by atoms with Crippen LogP contribution in [0.4, 0.5) is 4.79 Å². The van der Waals surface area contributed by atoms with E-state index in [1.165, 1.54) is 0 Å². The Morgan fingerprint density at radius 1 is 1.09 bits per heavy atom. The van der Waals surface area contributed by atoms with Crippen molar-refractivity contribution in [1.29, 1.82) is 0 Å². The van der Waals surface area contributed by atoms with Crippen molar-refractivity contribution in [3.63, 3.8) is 0 Å². The quantitative estimate of drug-likeness (QED) is 0.355. The summed E-state index contributed by atoms with van der Waals surface area (Å²) in [7, 11) is 1.56. The number of aromatic hydroxyl groups is 1. The SMILES string of the molecule is COc1ccc2cn(C[C@@]3(c4ccc(-c5cnn(CC(C)C)c5)cc4)NC(=O)NC3=O)c(O)c2c1. The molecule has 0 bridgehead atoms. The van der Waals surface area contributed by atoms with E-state index in [-0.39, 0.29) is 12.4 Å².